The lowest BCUT2D eigenvalue weighted by atomic mass is 9.96. The van der Waals surface area contributed by atoms with Crippen LogP contribution in [0, 0.1) is 6.92 Å². The maximum absolute atomic E-state index is 12.7. The molecule has 1 aliphatic rings. The van der Waals surface area contributed by atoms with E-state index in [1.165, 1.54) is 6.42 Å². The summed E-state index contributed by atoms with van der Waals surface area (Å²) in [5.41, 5.74) is 1.79. The van der Waals surface area contributed by atoms with E-state index >= 15 is 0 Å². The van der Waals surface area contributed by atoms with Gasteiger partial charge in [-0.25, -0.2) is 0 Å². The number of carbonyl (C=O) groups is 1. The van der Waals surface area contributed by atoms with Crippen LogP contribution >= 0.6 is 0 Å². The third kappa shape index (κ3) is 2.97. The van der Waals surface area contributed by atoms with Crippen LogP contribution in [0.1, 0.15) is 56.0 Å². The molecule has 0 saturated carbocycles. The van der Waals surface area contributed by atoms with E-state index in [4.69, 9.17) is 4.74 Å². The molecule has 0 radical (unpaired) electrons. The second kappa shape index (κ2) is 6.29. The van der Waals surface area contributed by atoms with Gasteiger partial charge < -0.3 is 9.64 Å². The van der Waals surface area contributed by atoms with Gasteiger partial charge in [-0.15, -0.1) is 0 Å². The van der Waals surface area contributed by atoms with Crippen LogP contribution in [0.4, 0.5) is 0 Å². The molecule has 2 rings (SSSR count). The molecule has 3 heteroatoms. The van der Waals surface area contributed by atoms with Crippen molar-refractivity contribution in [2.75, 3.05) is 6.61 Å². The molecule has 1 aromatic carbocycles. The van der Waals surface area contributed by atoms with Crippen LogP contribution in [0.5, 0.6) is 5.75 Å². The van der Waals surface area contributed by atoms with Gasteiger partial charge in [0.05, 0.1) is 6.61 Å². The summed E-state index contributed by atoms with van der Waals surface area (Å²) >= 11 is 0. The van der Waals surface area contributed by atoms with E-state index < -0.39 is 0 Å². The number of ether oxygens (including phenoxy) is 1. The van der Waals surface area contributed by atoms with Gasteiger partial charge in [0.1, 0.15) is 5.75 Å². The topological polar surface area (TPSA) is 29.5 Å². The van der Waals surface area contributed by atoms with Crippen LogP contribution in [0.15, 0.2) is 18.2 Å². The first-order valence-corrected chi connectivity index (χ1v) is 7.60. The fourth-order valence-corrected chi connectivity index (χ4v) is 3.07. The number of piperidine rings is 1. The number of benzene rings is 1. The molecule has 1 saturated heterocycles. The molecule has 3 nitrogen and oxygen atoms in total. The number of aryl methyl sites for hydroxylation is 1. The van der Waals surface area contributed by atoms with Crippen molar-refractivity contribution in [1.29, 1.82) is 0 Å². The summed E-state index contributed by atoms with van der Waals surface area (Å²) in [6.07, 6.45) is 3.42. The van der Waals surface area contributed by atoms with Gasteiger partial charge in [0.25, 0.3) is 5.91 Å². The number of carbonyl (C=O) groups excluding carboxylic acids is 1. The Morgan fingerprint density at radius 3 is 2.50 bits per heavy atom. The maximum Gasteiger partial charge on any atom is 0.254 e. The third-order valence-electron chi connectivity index (χ3n) is 4.15. The molecule has 0 aromatic heterocycles. The Morgan fingerprint density at radius 2 is 1.95 bits per heavy atom. The first-order chi connectivity index (χ1) is 9.54. The van der Waals surface area contributed by atoms with E-state index in [-0.39, 0.29) is 5.91 Å². The van der Waals surface area contributed by atoms with Gasteiger partial charge in [0.15, 0.2) is 0 Å². The fourth-order valence-electron chi connectivity index (χ4n) is 3.07. The Labute approximate surface area is 121 Å². The molecule has 1 heterocycles. The lowest BCUT2D eigenvalue weighted by Gasteiger charge is -2.39. The summed E-state index contributed by atoms with van der Waals surface area (Å²) in [7, 11) is 0. The Hall–Kier alpha value is -1.51. The average molecular weight is 275 g/mol. The average Bonchev–Trinajstić information content (AvgIpc) is 2.41. The minimum absolute atomic E-state index is 0.149. The molecule has 1 aliphatic heterocycles. The number of amides is 1. The summed E-state index contributed by atoms with van der Waals surface area (Å²) in [6, 6.07) is 6.40. The first-order valence-electron chi connectivity index (χ1n) is 7.60. The zero-order chi connectivity index (χ0) is 14.7. The normalized spacial score (nSPS) is 22.7. The highest BCUT2D eigenvalue weighted by atomic mass is 16.5. The van der Waals surface area contributed by atoms with Crippen LogP contribution in [0.25, 0.3) is 0 Å². The monoisotopic (exact) mass is 275 g/mol. The lowest BCUT2D eigenvalue weighted by Crippen LogP contribution is -2.47. The predicted octanol–water partition coefficient (Wildman–Crippen LogP) is 3.80. The maximum atomic E-state index is 12.7. The standard InChI is InChI=1S/C17H25NO2/c1-5-20-16-10-9-15(11-12(16)2)17(19)18-13(3)7-6-8-14(18)4/h9-11,13-14H,5-8H2,1-4H3. The Balaban J connectivity index is 2.22. The van der Waals surface area contributed by atoms with E-state index in [1.807, 2.05) is 36.9 Å². The zero-order valence-electron chi connectivity index (χ0n) is 13.0. The van der Waals surface area contributed by atoms with Crippen molar-refractivity contribution in [2.45, 2.75) is 59.0 Å². The van der Waals surface area contributed by atoms with Crippen molar-refractivity contribution in [3.8, 4) is 5.75 Å². The van der Waals surface area contributed by atoms with Crippen molar-refractivity contribution >= 4 is 5.91 Å². The van der Waals surface area contributed by atoms with Gasteiger partial charge in [-0.2, -0.15) is 0 Å². The number of hydrogen-bond donors (Lipinski definition) is 0. The molecular weight excluding hydrogens is 250 g/mol. The number of hydrogen-bond acceptors (Lipinski definition) is 2. The number of rotatable bonds is 3. The molecule has 0 aliphatic carbocycles. The van der Waals surface area contributed by atoms with E-state index in [2.05, 4.69) is 13.8 Å². The molecule has 2 atom stereocenters. The predicted molar refractivity (Wildman–Crippen MR) is 81.3 cm³/mol. The lowest BCUT2D eigenvalue weighted by molar-refractivity contribution is 0.0510. The summed E-state index contributed by atoms with van der Waals surface area (Å²) in [5.74, 6) is 1.01. The molecular formula is C17H25NO2. The Bertz CT molecular complexity index is 474. The SMILES string of the molecule is CCOc1ccc(C(=O)N2C(C)CCCC2C)cc1C. The summed E-state index contributed by atoms with van der Waals surface area (Å²) in [5, 5.41) is 0. The zero-order valence-corrected chi connectivity index (χ0v) is 13.0. The highest BCUT2D eigenvalue weighted by Crippen LogP contribution is 2.26. The molecule has 2 unspecified atom stereocenters. The Morgan fingerprint density at radius 1 is 1.30 bits per heavy atom. The van der Waals surface area contributed by atoms with Gasteiger partial charge in [0, 0.05) is 17.6 Å². The van der Waals surface area contributed by atoms with E-state index in [9.17, 15) is 4.79 Å². The number of likely N-dealkylation sites (tertiary alicyclic amines) is 1. The van der Waals surface area contributed by atoms with Crippen molar-refractivity contribution < 1.29 is 9.53 Å². The summed E-state index contributed by atoms with van der Waals surface area (Å²) in [4.78, 5) is 14.8. The minimum atomic E-state index is 0.149. The van der Waals surface area contributed by atoms with Gasteiger partial charge in [-0.05, 0) is 70.7 Å². The van der Waals surface area contributed by atoms with Crippen molar-refractivity contribution in [3.05, 3.63) is 29.3 Å². The van der Waals surface area contributed by atoms with E-state index in [0.29, 0.717) is 18.7 Å². The number of nitrogens with zero attached hydrogens (tertiary/aromatic N) is 1. The Kier molecular flexibility index (Phi) is 4.69. The van der Waals surface area contributed by atoms with Crippen LogP contribution in [-0.4, -0.2) is 29.5 Å². The molecule has 110 valence electrons. The van der Waals surface area contributed by atoms with Gasteiger partial charge >= 0.3 is 0 Å². The quantitative estimate of drug-likeness (QED) is 0.839. The van der Waals surface area contributed by atoms with Crippen LogP contribution in [0.2, 0.25) is 0 Å². The summed E-state index contributed by atoms with van der Waals surface area (Å²) in [6.45, 7) is 8.90. The van der Waals surface area contributed by atoms with Crippen LogP contribution < -0.4 is 4.74 Å². The highest BCUT2D eigenvalue weighted by Gasteiger charge is 2.29. The first kappa shape index (κ1) is 14.9. The van der Waals surface area contributed by atoms with Gasteiger partial charge in [-0.1, -0.05) is 0 Å². The minimum Gasteiger partial charge on any atom is -0.494 e. The molecule has 1 fully saturated rings. The smallest absolute Gasteiger partial charge is 0.254 e. The molecule has 0 spiro atoms. The molecule has 0 N–H and O–H groups in total. The second-order valence-corrected chi connectivity index (χ2v) is 5.75. The summed E-state index contributed by atoms with van der Waals surface area (Å²) < 4.78 is 5.53. The van der Waals surface area contributed by atoms with Crippen LogP contribution in [-0.2, 0) is 0 Å². The van der Waals surface area contributed by atoms with Crippen molar-refractivity contribution in [1.82, 2.24) is 4.90 Å². The second-order valence-electron chi connectivity index (χ2n) is 5.75. The van der Waals surface area contributed by atoms with Gasteiger partial charge in [0.2, 0.25) is 0 Å². The van der Waals surface area contributed by atoms with E-state index in [0.717, 1.165) is 29.7 Å². The molecule has 1 aromatic rings. The van der Waals surface area contributed by atoms with Crippen molar-refractivity contribution in [3.63, 3.8) is 0 Å². The highest BCUT2D eigenvalue weighted by molar-refractivity contribution is 5.95. The fraction of sp³-hybridized carbons (Fsp3) is 0.588. The largest absolute Gasteiger partial charge is 0.494 e. The molecule has 0 bridgehead atoms. The molecule has 1 amide bonds. The van der Waals surface area contributed by atoms with Gasteiger partial charge in [-0.3, -0.25) is 4.79 Å². The van der Waals surface area contributed by atoms with Crippen molar-refractivity contribution in [2.24, 2.45) is 0 Å². The van der Waals surface area contributed by atoms with Crippen LogP contribution in [0.3, 0.4) is 0 Å². The molecule has 20 heavy (non-hydrogen) atoms. The third-order valence-corrected chi connectivity index (χ3v) is 4.15. The van der Waals surface area contributed by atoms with E-state index in [1.54, 1.807) is 0 Å².